The van der Waals surface area contributed by atoms with Gasteiger partial charge in [-0.25, -0.2) is 0 Å². The molecule has 1 aromatic heterocycles. The quantitative estimate of drug-likeness (QED) is 0.489. The number of benzene rings is 1. The Balaban J connectivity index is 2.15. The summed E-state index contributed by atoms with van der Waals surface area (Å²) in [4.78, 5) is 25.0. The minimum Gasteiger partial charge on any atom is -0.326 e. The van der Waals surface area contributed by atoms with Crippen LogP contribution in [0.1, 0.15) is 16.6 Å². The first-order valence-electron chi connectivity index (χ1n) is 7.16. The second kappa shape index (κ2) is 6.58. The number of nitro groups is 1. The number of nitriles is 1. The smallest absolute Gasteiger partial charge is 0.324 e. The summed E-state index contributed by atoms with van der Waals surface area (Å²) in [5.74, 6) is -0.558. The van der Waals surface area contributed by atoms with Gasteiger partial charge in [-0.3, -0.25) is 14.9 Å². The SMILES string of the molecule is Cc1cccc(N2C(S)=C(C#N)C(=O)NC2c2ccc([N+](=O)[O-])s2)c1. The molecule has 1 aliphatic heterocycles. The highest BCUT2D eigenvalue weighted by Crippen LogP contribution is 2.39. The van der Waals surface area contributed by atoms with Crippen LogP contribution in [0.25, 0.3) is 0 Å². The third-order valence-electron chi connectivity index (χ3n) is 3.66. The minimum atomic E-state index is -0.683. The van der Waals surface area contributed by atoms with Crippen molar-refractivity contribution in [1.29, 1.82) is 5.26 Å². The largest absolute Gasteiger partial charge is 0.326 e. The fourth-order valence-corrected chi connectivity index (χ4v) is 3.79. The Kier molecular flexibility index (Phi) is 4.48. The van der Waals surface area contributed by atoms with Crippen molar-refractivity contribution < 1.29 is 9.72 Å². The molecule has 126 valence electrons. The van der Waals surface area contributed by atoms with Crippen molar-refractivity contribution >= 4 is 40.6 Å². The number of carbonyl (C=O) groups excluding carboxylic acids is 1. The van der Waals surface area contributed by atoms with E-state index in [9.17, 15) is 20.2 Å². The zero-order valence-electron chi connectivity index (χ0n) is 13.0. The molecule has 1 aromatic carbocycles. The van der Waals surface area contributed by atoms with Crippen LogP contribution < -0.4 is 10.2 Å². The van der Waals surface area contributed by atoms with Crippen LogP contribution in [0.4, 0.5) is 10.7 Å². The van der Waals surface area contributed by atoms with E-state index in [1.165, 1.54) is 6.07 Å². The van der Waals surface area contributed by atoms with Crippen molar-refractivity contribution in [3.63, 3.8) is 0 Å². The topological polar surface area (TPSA) is 99.3 Å². The molecule has 2 heterocycles. The van der Waals surface area contributed by atoms with Gasteiger partial charge in [0.05, 0.1) is 14.8 Å². The van der Waals surface area contributed by atoms with Crippen LogP contribution in [0, 0.1) is 28.4 Å². The lowest BCUT2D eigenvalue weighted by molar-refractivity contribution is -0.380. The Morgan fingerprint density at radius 1 is 1.40 bits per heavy atom. The maximum absolute atomic E-state index is 12.2. The third-order valence-corrected chi connectivity index (χ3v) is 5.19. The van der Waals surface area contributed by atoms with Gasteiger partial charge in [0.2, 0.25) is 0 Å². The molecule has 0 saturated heterocycles. The monoisotopic (exact) mass is 372 g/mol. The summed E-state index contributed by atoms with van der Waals surface area (Å²) in [6, 6.07) is 12.3. The summed E-state index contributed by atoms with van der Waals surface area (Å²) in [5, 5.41) is 23.1. The van der Waals surface area contributed by atoms with E-state index < -0.39 is 17.0 Å². The van der Waals surface area contributed by atoms with E-state index in [2.05, 4.69) is 17.9 Å². The molecule has 1 atom stereocenters. The van der Waals surface area contributed by atoms with Gasteiger partial charge in [0, 0.05) is 11.8 Å². The molecule has 7 nitrogen and oxygen atoms in total. The van der Waals surface area contributed by atoms with Gasteiger partial charge in [0.1, 0.15) is 17.8 Å². The van der Waals surface area contributed by atoms with Crippen LogP contribution >= 0.6 is 24.0 Å². The molecule has 0 saturated carbocycles. The van der Waals surface area contributed by atoms with Crippen LogP contribution in [-0.2, 0) is 4.79 Å². The standard InChI is InChI=1S/C16H12N4O3S2/c1-9-3-2-4-10(7-9)19-14(12-5-6-13(25-12)20(22)23)18-15(21)11(8-17)16(19)24/h2-7,14,24H,1H3,(H,18,21). The van der Waals surface area contributed by atoms with Gasteiger partial charge in [0.25, 0.3) is 5.91 Å². The van der Waals surface area contributed by atoms with E-state index in [1.807, 2.05) is 37.3 Å². The van der Waals surface area contributed by atoms with Gasteiger partial charge >= 0.3 is 5.00 Å². The highest BCUT2D eigenvalue weighted by molar-refractivity contribution is 7.84. The molecular weight excluding hydrogens is 360 g/mol. The number of anilines is 1. The molecular formula is C16H12N4O3S2. The number of hydrogen-bond donors (Lipinski definition) is 2. The van der Waals surface area contributed by atoms with Gasteiger partial charge in [-0.05, 0) is 30.7 Å². The second-order valence-electron chi connectivity index (χ2n) is 5.33. The number of thiophene rings is 1. The first-order valence-corrected chi connectivity index (χ1v) is 8.43. The number of nitrogens with zero attached hydrogens (tertiary/aromatic N) is 3. The molecule has 2 aromatic rings. The Bertz CT molecular complexity index is 945. The molecule has 1 amide bonds. The van der Waals surface area contributed by atoms with Crippen molar-refractivity contribution in [2.45, 2.75) is 13.1 Å². The van der Waals surface area contributed by atoms with Crippen LogP contribution in [0.2, 0.25) is 0 Å². The molecule has 0 spiro atoms. The highest BCUT2D eigenvalue weighted by atomic mass is 32.1. The number of nitrogens with one attached hydrogen (secondary N) is 1. The van der Waals surface area contributed by atoms with Crippen molar-refractivity contribution in [2.75, 3.05) is 4.90 Å². The van der Waals surface area contributed by atoms with E-state index in [0.29, 0.717) is 4.88 Å². The van der Waals surface area contributed by atoms with Crippen molar-refractivity contribution in [3.05, 3.63) is 67.6 Å². The first-order chi connectivity index (χ1) is 11.9. The highest BCUT2D eigenvalue weighted by Gasteiger charge is 2.35. The molecule has 1 aliphatic rings. The number of thiol groups is 1. The van der Waals surface area contributed by atoms with E-state index in [1.54, 1.807) is 11.0 Å². The molecule has 3 rings (SSSR count). The number of carbonyl (C=O) groups is 1. The summed E-state index contributed by atoms with van der Waals surface area (Å²) in [7, 11) is 0. The molecule has 0 aliphatic carbocycles. The normalized spacial score (nSPS) is 17.2. The van der Waals surface area contributed by atoms with Crippen molar-refractivity contribution in [2.24, 2.45) is 0 Å². The molecule has 9 heteroatoms. The predicted molar refractivity (Wildman–Crippen MR) is 97.1 cm³/mol. The summed E-state index contributed by atoms with van der Waals surface area (Å²) >= 11 is 5.35. The van der Waals surface area contributed by atoms with Crippen LogP contribution in [0.3, 0.4) is 0 Å². The zero-order chi connectivity index (χ0) is 18.1. The second-order valence-corrected chi connectivity index (χ2v) is 6.85. The maximum atomic E-state index is 12.2. The lowest BCUT2D eigenvalue weighted by Gasteiger charge is -2.37. The number of rotatable bonds is 3. The first kappa shape index (κ1) is 17.0. The van der Waals surface area contributed by atoms with Gasteiger partial charge < -0.3 is 10.2 Å². The Morgan fingerprint density at radius 3 is 2.76 bits per heavy atom. The fourth-order valence-electron chi connectivity index (χ4n) is 2.54. The van der Waals surface area contributed by atoms with Gasteiger partial charge in [-0.2, -0.15) is 5.26 Å². The summed E-state index contributed by atoms with van der Waals surface area (Å²) in [6.07, 6.45) is -0.683. The molecule has 0 fully saturated rings. The Morgan fingerprint density at radius 2 is 2.16 bits per heavy atom. The molecule has 25 heavy (non-hydrogen) atoms. The number of aryl methyl sites for hydroxylation is 1. The van der Waals surface area contributed by atoms with E-state index >= 15 is 0 Å². The molecule has 0 bridgehead atoms. The Hall–Kier alpha value is -2.83. The molecule has 1 unspecified atom stereocenters. The maximum Gasteiger partial charge on any atom is 0.324 e. The molecule has 1 N–H and O–H groups in total. The predicted octanol–water partition coefficient (Wildman–Crippen LogP) is 3.26. The summed E-state index contributed by atoms with van der Waals surface area (Å²) in [6.45, 7) is 1.92. The van der Waals surface area contributed by atoms with Gasteiger partial charge in [-0.1, -0.05) is 23.5 Å². The zero-order valence-corrected chi connectivity index (χ0v) is 14.7. The minimum absolute atomic E-state index is 0.0239. The van der Waals surface area contributed by atoms with Gasteiger partial charge in [-0.15, -0.1) is 12.6 Å². The van der Waals surface area contributed by atoms with Crippen molar-refractivity contribution in [3.8, 4) is 6.07 Å². The fraction of sp³-hybridized carbons (Fsp3) is 0.125. The number of amides is 1. The van der Waals surface area contributed by atoms with Crippen LogP contribution in [-0.4, -0.2) is 10.8 Å². The average Bonchev–Trinajstić information content (AvgIpc) is 3.04. The number of hydrogen-bond acceptors (Lipinski definition) is 7. The van der Waals surface area contributed by atoms with Gasteiger partial charge in [0.15, 0.2) is 0 Å². The van der Waals surface area contributed by atoms with E-state index in [0.717, 1.165) is 22.6 Å². The molecule has 0 radical (unpaired) electrons. The summed E-state index contributed by atoms with van der Waals surface area (Å²) in [5.41, 5.74) is 1.61. The van der Waals surface area contributed by atoms with E-state index in [-0.39, 0.29) is 15.6 Å². The Labute approximate surface area is 152 Å². The van der Waals surface area contributed by atoms with Crippen LogP contribution in [0.15, 0.2) is 47.0 Å². The van der Waals surface area contributed by atoms with E-state index in [4.69, 9.17) is 0 Å². The lowest BCUT2D eigenvalue weighted by atomic mass is 10.1. The average molecular weight is 372 g/mol. The third kappa shape index (κ3) is 3.09. The lowest BCUT2D eigenvalue weighted by Crippen LogP contribution is -2.45. The van der Waals surface area contributed by atoms with Crippen molar-refractivity contribution in [1.82, 2.24) is 5.32 Å². The van der Waals surface area contributed by atoms with Crippen LogP contribution in [0.5, 0.6) is 0 Å². The summed E-state index contributed by atoms with van der Waals surface area (Å²) < 4.78 is 0.